The lowest BCUT2D eigenvalue weighted by Crippen LogP contribution is -2.29. The van der Waals surface area contributed by atoms with Crippen LogP contribution in [0.3, 0.4) is 0 Å². The van der Waals surface area contributed by atoms with E-state index in [1.807, 2.05) is 19.9 Å². The maximum absolute atomic E-state index is 13.7. The number of carbonyl (C=O) groups is 2. The highest BCUT2D eigenvalue weighted by Gasteiger charge is 2.48. The van der Waals surface area contributed by atoms with Crippen LogP contribution in [0, 0.1) is 0 Å². The van der Waals surface area contributed by atoms with Gasteiger partial charge in [0, 0.05) is 21.4 Å². The molecule has 1 aromatic heterocycles. The van der Waals surface area contributed by atoms with E-state index >= 15 is 0 Å². The van der Waals surface area contributed by atoms with Gasteiger partial charge in [0.15, 0.2) is 27.3 Å². The Balaban J connectivity index is 1.42. The van der Waals surface area contributed by atoms with Gasteiger partial charge in [-0.05, 0) is 67.4 Å². The van der Waals surface area contributed by atoms with E-state index < -0.39 is 17.7 Å². The quantitative estimate of drug-likeness (QED) is 0.0592. The standard InChI is InChI=1S/C32H27Cl2N3O7S2/c1-3-41-22-9-6-17(13-24(22)42-4-2)27-26(28(38)18-7-10-23-25(14-18)44-12-11-43-23)29(39)30(40)37(27)31-35-36-32(46-31)45-16-19-5-8-20(33)15-21(19)34/h5-10,13-15,27,38H,3-4,11-12,16H2,1-2H3/t27-/m1/s1. The summed E-state index contributed by atoms with van der Waals surface area (Å²) in [6, 6.07) is 14.2. The molecule has 0 radical (unpaired) electrons. The second-order valence-electron chi connectivity index (χ2n) is 9.97. The van der Waals surface area contributed by atoms with E-state index in [9.17, 15) is 14.7 Å². The van der Waals surface area contributed by atoms with Gasteiger partial charge in [-0.25, -0.2) is 0 Å². The van der Waals surface area contributed by atoms with Gasteiger partial charge in [0.1, 0.15) is 19.0 Å². The van der Waals surface area contributed by atoms with Gasteiger partial charge in [-0.15, -0.1) is 10.2 Å². The van der Waals surface area contributed by atoms with Gasteiger partial charge in [0.2, 0.25) is 5.13 Å². The molecule has 3 aromatic carbocycles. The fraction of sp³-hybridized carbons (Fsp3) is 0.250. The summed E-state index contributed by atoms with van der Waals surface area (Å²) >= 11 is 14.9. The summed E-state index contributed by atoms with van der Waals surface area (Å²) in [5, 5.41) is 21.5. The van der Waals surface area contributed by atoms with Crippen LogP contribution in [0.5, 0.6) is 23.0 Å². The summed E-state index contributed by atoms with van der Waals surface area (Å²) < 4.78 is 23.4. The molecule has 3 heterocycles. The summed E-state index contributed by atoms with van der Waals surface area (Å²) in [5.74, 6) is 0.261. The SMILES string of the molecule is CCOc1ccc([C@@H]2C(=C(O)c3ccc4c(c3)OCCO4)C(=O)C(=O)N2c2nnc(SCc3ccc(Cl)cc3Cl)s2)cc1OCC. The maximum atomic E-state index is 13.7. The van der Waals surface area contributed by atoms with Crippen molar-refractivity contribution in [1.82, 2.24) is 10.2 Å². The molecule has 10 nitrogen and oxygen atoms in total. The highest BCUT2D eigenvalue weighted by atomic mass is 35.5. The number of aromatic nitrogens is 2. The summed E-state index contributed by atoms with van der Waals surface area (Å²) in [6.45, 7) is 5.21. The number of hydrogen-bond donors (Lipinski definition) is 1. The van der Waals surface area contributed by atoms with Crippen molar-refractivity contribution < 1.29 is 33.6 Å². The van der Waals surface area contributed by atoms with Crippen molar-refractivity contribution in [2.75, 3.05) is 31.3 Å². The highest BCUT2D eigenvalue weighted by molar-refractivity contribution is 8.00. The van der Waals surface area contributed by atoms with Gasteiger partial charge in [-0.3, -0.25) is 14.5 Å². The predicted molar refractivity (Wildman–Crippen MR) is 177 cm³/mol. The molecule has 238 valence electrons. The summed E-state index contributed by atoms with van der Waals surface area (Å²) in [4.78, 5) is 28.7. The Kier molecular flexibility index (Phi) is 9.60. The first-order valence-electron chi connectivity index (χ1n) is 14.3. The van der Waals surface area contributed by atoms with Crippen LogP contribution in [0.15, 0.2) is 64.5 Å². The molecule has 0 aliphatic carbocycles. The maximum Gasteiger partial charge on any atom is 0.301 e. The minimum absolute atomic E-state index is 0.120. The number of fused-ring (bicyclic) bond motifs is 1. The van der Waals surface area contributed by atoms with Gasteiger partial charge < -0.3 is 24.1 Å². The fourth-order valence-corrected chi connectivity index (χ4v) is 7.49. The number of anilines is 1. The van der Waals surface area contributed by atoms with E-state index in [1.165, 1.54) is 16.7 Å². The number of ketones is 1. The molecule has 2 aliphatic heterocycles. The largest absolute Gasteiger partial charge is 0.507 e. The number of carbonyl (C=O) groups excluding carboxylic acids is 2. The number of halogens is 2. The number of rotatable bonds is 10. The molecule has 46 heavy (non-hydrogen) atoms. The zero-order valence-electron chi connectivity index (χ0n) is 24.6. The molecular formula is C32H27Cl2N3O7S2. The zero-order valence-corrected chi connectivity index (χ0v) is 27.8. The number of amides is 1. The van der Waals surface area contributed by atoms with E-state index in [-0.39, 0.29) is 22.0 Å². The number of nitrogens with zero attached hydrogens (tertiary/aromatic N) is 3. The number of thioether (sulfide) groups is 1. The highest BCUT2D eigenvalue weighted by Crippen LogP contribution is 2.46. The van der Waals surface area contributed by atoms with E-state index in [0.717, 1.165) is 16.9 Å². The van der Waals surface area contributed by atoms with E-state index in [1.54, 1.807) is 48.5 Å². The van der Waals surface area contributed by atoms with Crippen molar-refractivity contribution in [2.45, 2.75) is 30.0 Å². The van der Waals surface area contributed by atoms with E-state index in [4.69, 9.17) is 42.1 Å². The Morgan fingerprint density at radius 2 is 1.74 bits per heavy atom. The Bertz CT molecular complexity index is 1850. The Morgan fingerprint density at radius 3 is 2.50 bits per heavy atom. The summed E-state index contributed by atoms with van der Waals surface area (Å²) in [6.07, 6.45) is 0. The van der Waals surface area contributed by atoms with Crippen LogP contribution in [0.25, 0.3) is 5.76 Å². The topological polar surface area (TPSA) is 120 Å². The normalized spacial score (nSPS) is 17.0. The van der Waals surface area contributed by atoms with Gasteiger partial charge in [0.25, 0.3) is 5.78 Å². The lowest BCUT2D eigenvalue weighted by atomic mass is 9.95. The van der Waals surface area contributed by atoms with E-state index in [0.29, 0.717) is 75.1 Å². The smallest absolute Gasteiger partial charge is 0.301 e. The Hall–Kier alpha value is -3.97. The molecule has 0 unspecified atom stereocenters. The second-order valence-corrected chi connectivity index (χ2v) is 13.0. The number of hydrogen-bond acceptors (Lipinski definition) is 11. The molecule has 1 N–H and O–H groups in total. The van der Waals surface area contributed by atoms with Crippen LogP contribution in [0.4, 0.5) is 5.13 Å². The third kappa shape index (κ3) is 6.35. The number of aliphatic hydroxyl groups is 1. The number of Topliss-reactive ketones (excluding diaryl/α,β-unsaturated/α-hetero) is 1. The zero-order chi connectivity index (χ0) is 32.4. The Morgan fingerprint density at radius 1 is 0.978 bits per heavy atom. The van der Waals surface area contributed by atoms with Crippen molar-refractivity contribution in [2.24, 2.45) is 0 Å². The van der Waals surface area contributed by atoms with Crippen LogP contribution < -0.4 is 23.8 Å². The molecule has 6 rings (SSSR count). The van der Waals surface area contributed by atoms with Gasteiger partial charge in [-0.2, -0.15) is 0 Å². The monoisotopic (exact) mass is 699 g/mol. The first-order valence-corrected chi connectivity index (χ1v) is 16.9. The molecule has 1 amide bonds. The summed E-state index contributed by atoms with van der Waals surface area (Å²) in [5.41, 5.74) is 1.52. The van der Waals surface area contributed by atoms with E-state index in [2.05, 4.69) is 10.2 Å². The van der Waals surface area contributed by atoms with Crippen LogP contribution in [0.1, 0.15) is 36.6 Å². The van der Waals surface area contributed by atoms with Crippen LogP contribution in [-0.2, 0) is 15.3 Å². The van der Waals surface area contributed by atoms with Crippen molar-refractivity contribution in [3.8, 4) is 23.0 Å². The molecule has 0 spiro atoms. The third-order valence-corrected chi connectivity index (χ3v) is 9.80. The first kappa shape index (κ1) is 32.0. The molecule has 0 bridgehead atoms. The molecule has 1 atom stereocenters. The number of benzene rings is 3. The Labute approximate surface area is 282 Å². The average Bonchev–Trinajstić information content (AvgIpc) is 3.62. The average molecular weight is 701 g/mol. The number of aliphatic hydroxyl groups excluding tert-OH is 1. The molecule has 1 saturated heterocycles. The fourth-order valence-electron chi connectivity index (χ4n) is 5.07. The van der Waals surface area contributed by atoms with Crippen molar-refractivity contribution in [1.29, 1.82) is 0 Å². The third-order valence-electron chi connectivity index (χ3n) is 7.11. The lowest BCUT2D eigenvalue weighted by Gasteiger charge is -2.24. The van der Waals surface area contributed by atoms with Gasteiger partial charge in [-0.1, -0.05) is 58.4 Å². The first-order chi connectivity index (χ1) is 22.3. The molecule has 1 fully saturated rings. The minimum atomic E-state index is -1.06. The van der Waals surface area contributed by atoms with Crippen molar-refractivity contribution in [3.05, 3.63) is 86.9 Å². The molecule has 0 saturated carbocycles. The van der Waals surface area contributed by atoms with Crippen LogP contribution in [0.2, 0.25) is 10.0 Å². The van der Waals surface area contributed by atoms with Crippen molar-refractivity contribution in [3.63, 3.8) is 0 Å². The van der Waals surface area contributed by atoms with Crippen LogP contribution >= 0.6 is 46.3 Å². The molecule has 4 aromatic rings. The van der Waals surface area contributed by atoms with Gasteiger partial charge >= 0.3 is 5.91 Å². The minimum Gasteiger partial charge on any atom is -0.507 e. The summed E-state index contributed by atoms with van der Waals surface area (Å²) in [7, 11) is 0. The molecular weight excluding hydrogens is 673 g/mol. The lowest BCUT2D eigenvalue weighted by molar-refractivity contribution is -0.132. The second kappa shape index (κ2) is 13.8. The molecule has 14 heteroatoms. The van der Waals surface area contributed by atoms with Gasteiger partial charge in [0.05, 0.1) is 24.8 Å². The predicted octanol–water partition coefficient (Wildman–Crippen LogP) is 7.33. The number of ether oxygens (including phenoxy) is 4. The van der Waals surface area contributed by atoms with Crippen molar-refractivity contribution >= 4 is 68.9 Å². The molecule has 2 aliphatic rings. The van der Waals surface area contributed by atoms with Crippen LogP contribution in [-0.4, -0.2) is 53.4 Å².